The van der Waals surface area contributed by atoms with Crippen molar-refractivity contribution >= 4 is 0 Å². The van der Waals surface area contributed by atoms with Gasteiger partial charge in [0.05, 0.1) is 19.3 Å². The second-order valence-electron chi connectivity index (χ2n) is 4.47. The molecule has 2 rings (SSSR count). The largest absolute Gasteiger partial charge is 0.465 e. The van der Waals surface area contributed by atoms with Gasteiger partial charge in [0.15, 0.2) is 0 Å². The van der Waals surface area contributed by atoms with E-state index in [0.717, 1.165) is 0 Å². The summed E-state index contributed by atoms with van der Waals surface area (Å²) in [5, 5.41) is 18.8. The van der Waals surface area contributed by atoms with Crippen molar-refractivity contribution in [1.82, 2.24) is 9.55 Å². The number of hydrogen-bond donors (Lipinski definition) is 2. The molecule has 0 spiro atoms. The van der Waals surface area contributed by atoms with E-state index < -0.39 is 18.4 Å². The minimum absolute atomic E-state index is 0.161. The fraction of sp³-hybridized carbons (Fsp3) is 0.667. The monoisotopic (exact) mass is 270 g/mol. The van der Waals surface area contributed by atoms with Gasteiger partial charge in [-0.15, -0.1) is 0 Å². The number of rotatable bonds is 4. The molecule has 1 aromatic rings. The standard InChI is InChI=1S/C12H18N2O5/c1-3-18-12-13-11(17)7(2)5-14(12)10-4-8(16)9(6-15)19-10/h5,8-10,15-16H,3-4,6H2,1-2H3. The number of aryl methyl sites for hydroxylation is 1. The molecule has 1 aromatic heterocycles. The SMILES string of the molecule is CCOc1nc(=O)c(C)cn1C1CC(O)C(CO)O1. The Morgan fingerprint density at radius 2 is 2.37 bits per heavy atom. The molecule has 1 aliphatic rings. The molecule has 2 heterocycles. The molecule has 3 atom stereocenters. The Morgan fingerprint density at radius 1 is 1.63 bits per heavy atom. The van der Waals surface area contributed by atoms with Crippen LogP contribution in [0.4, 0.5) is 0 Å². The van der Waals surface area contributed by atoms with Gasteiger partial charge in [0.25, 0.3) is 5.56 Å². The summed E-state index contributed by atoms with van der Waals surface area (Å²) in [5.41, 5.74) is 0.117. The van der Waals surface area contributed by atoms with Gasteiger partial charge in [-0.05, 0) is 13.8 Å². The zero-order chi connectivity index (χ0) is 14.0. The molecular weight excluding hydrogens is 252 g/mol. The summed E-state index contributed by atoms with van der Waals surface area (Å²) in [6.07, 6.45) is 0.0381. The molecule has 7 nitrogen and oxygen atoms in total. The highest BCUT2D eigenvalue weighted by molar-refractivity contribution is 5.10. The lowest BCUT2D eigenvalue weighted by Gasteiger charge is -2.19. The van der Waals surface area contributed by atoms with Gasteiger partial charge in [-0.1, -0.05) is 0 Å². The summed E-state index contributed by atoms with van der Waals surface area (Å²) in [4.78, 5) is 15.4. The second kappa shape index (κ2) is 5.68. The molecule has 19 heavy (non-hydrogen) atoms. The minimum atomic E-state index is -0.746. The summed E-state index contributed by atoms with van der Waals surface area (Å²) < 4.78 is 12.4. The van der Waals surface area contributed by atoms with E-state index in [4.69, 9.17) is 14.6 Å². The first-order valence-corrected chi connectivity index (χ1v) is 6.23. The second-order valence-corrected chi connectivity index (χ2v) is 4.47. The van der Waals surface area contributed by atoms with Gasteiger partial charge < -0.3 is 19.7 Å². The fourth-order valence-electron chi connectivity index (χ4n) is 2.04. The smallest absolute Gasteiger partial charge is 0.301 e. The third-order valence-corrected chi connectivity index (χ3v) is 3.06. The van der Waals surface area contributed by atoms with Crippen LogP contribution in [0.15, 0.2) is 11.0 Å². The molecule has 106 valence electrons. The van der Waals surface area contributed by atoms with Gasteiger partial charge in [0.1, 0.15) is 12.3 Å². The van der Waals surface area contributed by atoms with Crippen molar-refractivity contribution in [2.75, 3.05) is 13.2 Å². The Kier molecular flexibility index (Phi) is 4.18. The van der Waals surface area contributed by atoms with Crippen LogP contribution >= 0.6 is 0 Å². The fourth-order valence-corrected chi connectivity index (χ4v) is 2.04. The van der Waals surface area contributed by atoms with Crippen molar-refractivity contribution in [2.45, 2.75) is 38.7 Å². The molecule has 7 heteroatoms. The van der Waals surface area contributed by atoms with Crippen LogP contribution in [0.2, 0.25) is 0 Å². The minimum Gasteiger partial charge on any atom is -0.465 e. The lowest BCUT2D eigenvalue weighted by Crippen LogP contribution is -2.24. The molecule has 3 unspecified atom stereocenters. The molecule has 0 amide bonds. The number of hydrogen-bond acceptors (Lipinski definition) is 6. The van der Waals surface area contributed by atoms with Crippen molar-refractivity contribution in [3.05, 3.63) is 22.1 Å². The molecule has 2 N–H and O–H groups in total. The Balaban J connectivity index is 2.33. The van der Waals surface area contributed by atoms with Gasteiger partial charge in [-0.2, -0.15) is 4.98 Å². The first-order valence-electron chi connectivity index (χ1n) is 6.23. The first kappa shape index (κ1) is 14.0. The maximum atomic E-state index is 11.5. The van der Waals surface area contributed by atoms with Crippen molar-refractivity contribution in [3.63, 3.8) is 0 Å². The van der Waals surface area contributed by atoms with Crippen LogP contribution in [-0.2, 0) is 4.74 Å². The maximum absolute atomic E-state index is 11.5. The molecule has 0 aromatic carbocycles. The van der Waals surface area contributed by atoms with Gasteiger partial charge in [0, 0.05) is 18.2 Å². The van der Waals surface area contributed by atoms with Crippen LogP contribution in [0.1, 0.15) is 25.1 Å². The Labute approximate surface area is 110 Å². The highest BCUT2D eigenvalue weighted by atomic mass is 16.6. The van der Waals surface area contributed by atoms with Crippen molar-refractivity contribution < 1.29 is 19.7 Å². The van der Waals surface area contributed by atoms with Crippen LogP contribution in [0, 0.1) is 6.92 Å². The van der Waals surface area contributed by atoms with E-state index in [1.807, 2.05) is 0 Å². The predicted molar refractivity (Wildman–Crippen MR) is 66.0 cm³/mol. The number of aromatic nitrogens is 2. The topological polar surface area (TPSA) is 93.8 Å². The molecule has 1 fully saturated rings. The van der Waals surface area contributed by atoms with E-state index in [-0.39, 0.29) is 18.2 Å². The summed E-state index contributed by atoms with van der Waals surface area (Å²) in [7, 11) is 0. The normalized spacial score (nSPS) is 26.6. The Bertz CT molecular complexity index is 501. The molecule has 0 radical (unpaired) electrons. The van der Waals surface area contributed by atoms with E-state index >= 15 is 0 Å². The molecule has 0 saturated carbocycles. The zero-order valence-electron chi connectivity index (χ0n) is 10.9. The third kappa shape index (κ3) is 2.78. The quantitative estimate of drug-likeness (QED) is 0.772. The van der Waals surface area contributed by atoms with Crippen molar-refractivity contribution in [2.24, 2.45) is 0 Å². The van der Waals surface area contributed by atoms with Crippen molar-refractivity contribution in [3.8, 4) is 6.01 Å². The first-order chi connectivity index (χ1) is 9.06. The third-order valence-electron chi connectivity index (χ3n) is 3.06. The number of aliphatic hydroxyl groups is 2. The van der Waals surface area contributed by atoms with Crippen LogP contribution in [0.25, 0.3) is 0 Å². The van der Waals surface area contributed by atoms with E-state index in [2.05, 4.69) is 4.98 Å². The summed E-state index contributed by atoms with van der Waals surface area (Å²) in [6, 6.07) is 0.161. The average molecular weight is 270 g/mol. The number of aliphatic hydroxyl groups excluding tert-OH is 2. The van der Waals surface area contributed by atoms with Crippen LogP contribution in [0.5, 0.6) is 6.01 Å². The number of ether oxygens (including phenoxy) is 2. The molecule has 0 aliphatic carbocycles. The number of nitrogens with zero attached hydrogens (tertiary/aromatic N) is 2. The van der Waals surface area contributed by atoms with E-state index in [1.165, 1.54) is 0 Å². The molecule has 1 saturated heterocycles. The highest BCUT2D eigenvalue weighted by Crippen LogP contribution is 2.30. The van der Waals surface area contributed by atoms with Gasteiger partial charge in [-0.25, -0.2) is 0 Å². The Morgan fingerprint density at radius 3 is 2.95 bits per heavy atom. The van der Waals surface area contributed by atoms with Crippen molar-refractivity contribution in [1.29, 1.82) is 0 Å². The molecule has 1 aliphatic heterocycles. The summed E-state index contributed by atoms with van der Waals surface area (Å²) in [5.74, 6) is 0. The van der Waals surface area contributed by atoms with Gasteiger partial charge in [0.2, 0.25) is 0 Å². The lowest BCUT2D eigenvalue weighted by molar-refractivity contribution is -0.0473. The highest BCUT2D eigenvalue weighted by Gasteiger charge is 2.35. The molecule has 0 bridgehead atoms. The summed E-state index contributed by atoms with van der Waals surface area (Å²) in [6.45, 7) is 3.55. The van der Waals surface area contributed by atoms with E-state index in [0.29, 0.717) is 18.6 Å². The van der Waals surface area contributed by atoms with Gasteiger partial charge in [-0.3, -0.25) is 9.36 Å². The van der Waals surface area contributed by atoms with Gasteiger partial charge >= 0.3 is 6.01 Å². The van der Waals surface area contributed by atoms with E-state index in [1.54, 1.807) is 24.6 Å². The maximum Gasteiger partial charge on any atom is 0.301 e. The molecular formula is C12H18N2O5. The van der Waals surface area contributed by atoms with Crippen LogP contribution in [0.3, 0.4) is 0 Å². The van der Waals surface area contributed by atoms with Crippen LogP contribution < -0.4 is 10.3 Å². The zero-order valence-corrected chi connectivity index (χ0v) is 10.9. The Hall–Kier alpha value is -1.44. The van der Waals surface area contributed by atoms with E-state index in [9.17, 15) is 9.90 Å². The van der Waals surface area contributed by atoms with Crippen LogP contribution in [-0.4, -0.2) is 45.2 Å². The average Bonchev–Trinajstić information content (AvgIpc) is 2.75. The lowest BCUT2D eigenvalue weighted by atomic mass is 10.2. The predicted octanol–water partition coefficient (Wildman–Crippen LogP) is -0.409. The summed E-state index contributed by atoms with van der Waals surface area (Å²) >= 11 is 0.